The quantitative estimate of drug-likeness (QED) is 0.349. The Labute approximate surface area is 209 Å². The van der Waals surface area contributed by atoms with Crippen LogP contribution in [0.1, 0.15) is 24.1 Å². The molecule has 0 aliphatic carbocycles. The number of hydrogen-bond acceptors (Lipinski definition) is 6. The standard InChI is InChI=1S/C24H27ClN2O4S2/c1-4-14-27(21(28)16-33-24(32)31-5-2)22(18-8-12-20(30-3)13-9-18)23(29)26-15-17-6-10-19(25)11-7-17/h4,6-13,22H,1,5,14-16H2,2-3H3,(H,26,29). The molecule has 0 saturated heterocycles. The van der Waals surface area contributed by atoms with Gasteiger partial charge in [0, 0.05) is 18.1 Å². The summed E-state index contributed by atoms with van der Waals surface area (Å²) in [6.07, 6.45) is 1.59. The topological polar surface area (TPSA) is 67.9 Å². The van der Waals surface area contributed by atoms with Crippen molar-refractivity contribution in [3.63, 3.8) is 0 Å². The number of amides is 2. The Balaban J connectivity index is 2.27. The zero-order valence-corrected chi connectivity index (χ0v) is 21.0. The zero-order chi connectivity index (χ0) is 24.2. The van der Waals surface area contributed by atoms with Crippen LogP contribution in [0.15, 0.2) is 61.2 Å². The van der Waals surface area contributed by atoms with Crippen molar-refractivity contribution < 1.29 is 19.1 Å². The number of rotatable bonds is 11. The molecule has 0 fully saturated rings. The van der Waals surface area contributed by atoms with Gasteiger partial charge in [-0.3, -0.25) is 9.59 Å². The van der Waals surface area contributed by atoms with Gasteiger partial charge < -0.3 is 19.7 Å². The summed E-state index contributed by atoms with van der Waals surface area (Å²) >= 11 is 12.2. The lowest BCUT2D eigenvalue weighted by molar-refractivity contribution is -0.138. The van der Waals surface area contributed by atoms with Gasteiger partial charge in [-0.1, -0.05) is 53.7 Å². The number of nitrogens with zero attached hydrogens (tertiary/aromatic N) is 1. The van der Waals surface area contributed by atoms with Crippen LogP contribution in [0, 0.1) is 0 Å². The van der Waals surface area contributed by atoms with Crippen LogP contribution >= 0.6 is 35.6 Å². The van der Waals surface area contributed by atoms with Crippen molar-refractivity contribution in [3.8, 4) is 5.75 Å². The first kappa shape index (κ1) is 26.7. The van der Waals surface area contributed by atoms with Gasteiger partial charge in [0.15, 0.2) is 0 Å². The first-order valence-electron chi connectivity index (χ1n) is 10.3. The van der Waals surface area contributed by atoms with Crippen molar-refractivity contribution in [1.29, 1.82) is 0 Å². The molecular weight excluding hydrogens is 480 g/mol. The van der Waals surface area contributed by atoms with Crippen LogP contribution < -0.4 is 10.1 Å². The number of ether oxygens (including phenoxy) is 2. The molecule has 2 amide bonds. The molecule has 6 nitrogen and oxygen atoms in total. The van der Waals surface area contributed by atoms with Gasteiger partial charge in [0.25, 0.3) is 0 Å². The molecule has 33 heavy (non-hydrogen) atoms. The maximum absolute atomic E-state index is 13.3. The highest BCUT2D eigenvalue weighted by Crippen LogP contribution is 2.25. The molecule has 2 rings (SSSR count). The van der Waals surface area contributed by atoms with Crippen LogP contribution in [0.4, 0.5) is 0 Å². The molecule has 0 aliphatic heterocycles. The first-order chi connectivity index (χ1) is 15.9. The highest BCUT2D eigenvalue weighted by molar-refractivity contribution is 8.23. The number of halogens is 1. The van der Waals surface area contributed by atoms with Crippen molar-refractivity contribution in [3.05, 3.63) is 77.3 Å². The number of hydrogen-bond donors (Lipinski definition) is 1. The fourth-order valence-electron chi connectivity index (χ4n) is 3.00. The number of carbonyl (C=O) groups is 2. The van der Waals surface area contributed by atoms with Crippen LogP contribution in [-0.4, -0.2) is 47.1 Å². The largest absolute Gasteiger partial charge is 0.497 e. The van der Waals surface area contributed by atoms with Gasteiger partial charge in [0.1, 0.15) is 11.8 Å². The third kappa shape index (κ3) is 8.38. The molecule has 1 N–H and O–H groups in total. The number of thiocarbonyl (C=S) groups is 1. The van der Waals surface area contributed by atoms with Crippen LogP contribution in [0.3, 0.4) is 0 Å². The minimum atomic E-state index is -0.866. The summed E-state index contributed by atoms with van der Waals surface area (Å²) in [7, 11) is 1.57. The highest BCUT2D eigenvalue weighted by atomic mass is 35.5. The molecule has 176 valence electrons. The average molecular weight is 507 g/mol. The van der Waals surface area contributed by atoms with E-state index in [1.807, 2.05) is 19.1 Å². The highest BCUT2D eigenvalue weighted by Gasteiger charge is 2.31. The van der Waals surface area contributed by atoms with Gasteiger partial charge in [0.2, 0.25) is 16.2 Å². The van der Waals surface area contributed by atoms with E-state index in [0.29, 0.717) is 29.5 Å². The van der Waals surface area contributed by atoms with Gasteiger partial charge in [-0.2, -0.15) is 0 Å². The number of methoxy groups -OCH3 is 1. The van der Waals surface area contributed by atoms with Gasteiger partial charge in [-0.05, 0) is 54.5 Å². The molecule has 0 aliphatic rings. The fraction of sp³-hybridized carbons (Fsp3) is 0.292. The monoisotopic (exact) mass is 506 g/mol. The number of nitrogens with one attached hydrogen (secondary N) is 1. The molecular formula is C24H27ClN2O4S2. The third-order valence-corrected chi connectivity index (χ3v) is 6.06. The second-order valence-corrected chi connectivity index (χ2v) is 8.84. The summed E-state index contributed by atoms with van der Waals surface area (Å²) in [5.74, 6) is 0.120. The summed E-state index contributed by atoms with van der Waals surface area (Å²) in [4.78, 5) is 27.9. The average Bonchev–Trinajstić information content (AvgIpc) is 2.82. The summed E-state index contributed by atoms with van der Waals surface area (Å²) in [6.45, 7) is 6.49. The number of carbonyl (C=O) groups excluding carboxylic acids is 2. The van der Waals surface area contributed by atoms with E-state index in [1.165, 1.54) is 4.90 Å². The van der Waals surface area contributed by atoms with E-state index in [0.717, 1.165) is 17.3 Å². The maximum Gasteiger partial charge on any atom is 0.247 e. The Morgan fingerprint density at radius 3 is 2.45 bits per heavy atom. The Bertz CT molecular complexity index is 952. The van der Waals surface area contributed by atoms with Gasteiger partial charge in [-0.15, -0.1) is 6.58 Å². The Kier molecular flexibility index (Phi) is 11.2. The molecule has 0 heterocycles. The molecule has 1 unspecified atom stereocenters. The van der Waals surface area contributed by atoms with Gasteiger partial charge in [0.05, 0.1) is 19.5 Å². The molecule has 0 bridgehead atoms. The summed E-state index contributed by atoms with van der Waals surface area (Å²) < 4.78 is 10.8. The molecule has 0 saturated carbocycles. The van der Waals surface area contributed by atoms with E-state index in [-0.39, 0.29) is 28.5 Å². The lowest BCUT2D eigenvalue weighted by Crippen LogP contribution is -2.44. The van der Waals surface area contributed by atoms with Crippen molar-refractivity contribution in [2.24, 2.45) is 0 Å². The third-order valence-electron chi connectivity index (χ3n) is 4.59. The maximum atomic E-state index is 13.3. The van der Waals surface area contributed by atoms with E-state index in [9.17, 15) is 9.59 Å². The summed E-state index contributed by atoms with van der Waals surface area (Å²) in [6, 6.07) is 13.4. The zero-order valence-electron chi connectivity index (χ0n) is 18.6. The molecule has 2 aromatic rings. The molecule has 1 atom stereocenters. The van der Waals surface area contributed by atoms with E-state index in [2.05, 4.69) is 11.9 Å². The second kappa shape index (κ2) is 13.9. The van der Waals surface area contributed by atoms with Crippen molar-refractivity contribution in [2.75, 3.05) is 26.0 Å². The molecule has 2 aromatic carbocycles. The van der Waals surface area contributed by atoms with E-state index < -0.39 is 6.04 Å². The minimum Gasteiger partial charge on any atom is -0.497 e. The summed E-state index contributed by atoms with van der Waals surface area (Å²) in [5, 5.41) is 3.54. The summed E-state index contributed by atoms with van der Waals surface area (Å²) in [5.41, 5.74) is 1.54. The molecule has 0 aromatic heterocycles. The van der Waals surface area contributed by atoms with Gasteiger partial charge >= 0.3 is 0 Å². The van der Waals surface area contributed by atoms with Crippen molar-refractivity contribution in [2.45, 2.75) is 19.5 Å². The molecule has 0 spiro atoms. The number of benzene rings is 2. The van der Waals surface area contributed by atoms with E-state index >= 15 is 0 Å². The SMILES string of the molecule is C=CCN(C(=O)CSC(=S)OCC)C(C(=O)NCc1ccc(Cl)cc1)c1ccc(OC)cc1. The Hall–Kier alpha value is -2.55. The number of thioether (sulfide) groups is 1. The normalized spacial score (nSPS) is 11.2. The van der Waals surface area contributed by atoms with E-state index in [1.54, 1.807) is 49.6 Å². The first-order valence-corrected chi connectivity index (χ1v) is 12.0. The van der Waals surface area contributed by atoms with Gasteiger partial charge in [-0.25, -0.2) is 0 Å². The second-order valence-electron chi connectivity index (χ2n) is 6.83. The van der Waals surface area contributed by atoms with Crippen LogP contribution in [-0.2, 0) is 20.9 Å². The van der Waals surface area contributed by atoms with Crippen molar-refractivity contribution >= 4 is 51.8 Å². The lowest BCUT2D eigenvalue weighted by atomic mass is 10.0. The fourth-order valence-corrected chi connectivity index (χ4v) is 4.03. The smallest absolute Gasteiger partial charge is 0.247 e. The van der Waals surface area contributed by atoms with Crippen LogP contribution in [0.5, 0.6) is 5.75 Å². The lowest BCUT2D eigenvalue weighted by Gasteiger charge is -2.30. The Morgan fingerprint density at radius 1 is 1.21 bits per heavy atom. The van der Waals surface area contributed by atoms with Crippen LogP contribution in [0.2, 0.25) is 5.02 Å². The van der Waals surface area contributed by atoms with E-state index in [4.69, 9.17) is 33.3 Å². The Morgan fingerprint density at radius 2 is 1.88 bits per heavy atom. The molecule has 0 radical (unpaired) electrons. The minimum absolute atomic E-state index is 0.0454. The predicted octanol–water partition coefficient (Wildman–Crippen LogP) is 4.78. The predicted molar refractivity (Wildman–Crippen MR) is 138 cm³/mol. The van der Waals surface area contributed by atoms with Crippen molar-refractivity contribution in [1.82, 2.24) is 10.2 Å². The molecule has 9 heteroatoms. The van der Waals surface area contributed by atoms with Crippen LogP contribution in [0.25, 0.3) is 0 Å².